The number of aromatic hydroxyl groups is 1. The Hall–Kier alpha value is -3.57. The summed E-state index contributed by atoms with van der Waals surface area (Å²) in [5, 5.41) is 24.0. The maximum atomic E-state index is 13.1. The van der Waals surface area contributed by atoms with Crippen LogP contribution < -0.4 is 15.8 Å². The van der Waals surface area contributed by atoms with Crippen LogP contribution in [0.5, 0.6) is 11.5 Å². The van der Waals surface area contributed by atoms with Crippen LogP contribution in [-0.4, -0.2) is 23.0 Å². The molecule has 3 heterocycles. The van der Waals surface area contributed by atoms with Crippen molar-refractivity contribution in [2.45, 2.75) is 32.1 Å². The van der Waals surface area contributed by atoms with E-state index in [-0.39, 0.29) is 23.3 Å². The smallest absolute Gasteiger partial charge is 0.161 e. The van der Waals surface area contributed by atoms with Crippen LogP contribution in [0.2, 0.25) is 0 Å². The van der Waals surface area contributed by atoms with Crippen LogP contribution in [0.3, 0.4) is 0 Å². The Bertz CT molecular complexity index is 1350. The lowest BCUT2D eigenvalue weighted by molar-refractivity contribution is -0.116. The molecule has 8 heteroatoms. The quantitative estimate of drug-likeness (QED) is 0.551. The Labute approximate surface area is 182 Å². The summed E-state index contributed by atoms with van der Waals surface area (Å²) in [4.78, 5) is 17.7. The summed E-state index contributed by atoms with van der Waals surface area (Å²) in [6, 6.07) is 7.31. The Morgan fingerprint density at radius 2 is 2.19 bits per heavy atom. The number of aryl methyl sites for hydroxylation is 1. The molecule has 0 radical (unpaired) electrons. The molecule has 0 bridgehead atoms. The molecule has 1 aliphatic heterocycles. The maximum Gasteiger partial charge on any atom is 0.161 e. The fraction of sp³-hybridized carbons (Fsp3) is 0.261. The lowest BCUT2D eigenvalue weighted by Crippen LogP contribution is -2.26. The first-order chi connectivity index (χ1) is 14.9. The minimum absolute atomic E-state index is 0.0386. The number of hydrogen-bond donors (Lipinski definition) is 3. The molecule has 31 heavy (non-hydrogen) atoms. The molecular weight excluding hydrogens is 412 g/mol. The van der Waals surface area contributed by atoms with E-state index in [9.17, 15) is 15.2 Å². The molecule has 1 aliphatic carbocycles. The number of aromatic nitrogens is 1. The number of fused-ring (bicyclic) bond motifs is 3. The van der Waals surface area contributed by atoms with E-state index in [4.69, 9.17) is 10.5 Å². The molecule has 0 fully saturated rings. The highest BCUT2D eigenvalue weighted by Gasteiger charge is 2.38. The van der Waals surface area contributed by atoms with Gasteiger partial charge in [-0.05, 0) is 43.0 Å². The van der Waals surface area contributed by atoms with Gasteiger partial charge in [0.1, 0.15) is 11.9 Å². The van der Waals surface area contributed by atoms with Gasteiger partial charge in [-0.3, -0.25) is 4.79 Å². The zero-order valence-corrected chi connectivity index (χ0v) is 17.9. The summed E-state index contributed by atoms with van der Waals surface area (Å²) >= 11 is 1.53. The predicted octanol–water partition coefficient (Wildman–Crippen LogP) is 4.34. The first kappa shape index (κ1) is 19.4. The van der Waals surface area contributed by atoms with Gasteiger partial charge < -0.3 is 20.9 Å². The number of benzene rings is 1. The number of allylic oxidation sites excluding steroid dienone is 2. The van der Waals surface area contributed by atoms with Gasteiger partial charge in [-0.2, -0.15) is 5.26 Å². The van der Waals surface area contributed by atoms with E-state index in [1.54, 1.807) is 12.1 Å². The zero-order chi connectivity index (χ0) is 21.9. The number of phenolic OH excluding ortho intramolecular Hbond substituents is 1. The van der Waals surface area contributed by atoms with E-state index >= 15 is 0 Å². The number of Topliss-reactive ketones (excluding diaryl/α,β-unsaturated/α-hetero) is 1. The van der Waals surface area contributed by atoms with Gasteiger partial charge in [0, 0.05) is 29.2 Å². The molecule has 7 nitrogen and oxygen atoms in total. The molecular formula is C23H20N4O3S. The van der Waals surface area contributed by atoms with Crippen molar-refractivity contribution < 1.29 is 14.6 Å². The minimum atomic E-state index is -0.360. The minimum Gasteiger partial charge on any atom is -0.504 e. The van der Waals surface area contributed by atoms with Crippen LogP contribution in [0.4, 0.5) is 10.8 Å². The number of rotatable bonds is 2. The third-order valence-corrected chi connectivity index (χ3v) is 7.30. The molecule has 0 saturated heterocycles. The molecule has 1 atom stereocenters. The number of pyridine rings is 1. The fourth-order valence-electron chi connectivity index (χ4n) is 4.60. The van der Waals surface area contributed by atoms with Crippen molar-refractivity contribution in [2.24, 2.45) is 0 Å². The number of phenols is 1. The Kier molecular flexibility index (Phi) is 4.38. The van der Waals surface area contributed by atoms with Crippen molar-refractivity contribution in [3.05, 3.63) is 51.7 Å². The second-order valence-corrected chi connectivity index (χ2v) is 8.81. The summed E-state index contributed by atoms with van der Waals surface area (Å²) in [5.74, 6) is 0.315. The summed E-state index contributed by atoms with van der Waals surface area (Å²) in [7, 11) is 1.50. The first-order valence-corrected chi connectivity index (χ1v) is 10.8. The second-order valence-electron chi connectivity index (χ2n) is 7.79. The number of ketones is 1. The van der Waals surface area contributed by atoms with Crippen molar-refractivity contribution in [1.82, 2.24) is 4.98 Å². The average Bonchev–Trinajstić information content (AvgIpc) is 3.11. The molecule has 0 amide bonds. The first-order valence-electron chi connectivity index (χ1n) is 9.97. The summed E-state index contributed by atoms with van der Waals surface area (Å²) in [6.45, 7) is 1.87. The van der Waals surface area contributed by atoms with Gasteiger partial charge in [0.15, 0.2) is 17.3 Å². The largest absolute Gasteiger partial charge is 0.504 e. The van der Waals surface area contributed by atoms with Gasteiger partial charge in [-0.1, -0.05) is 6.07 Å². The van der Waals surface area contributed by atoms with E-state index in [1.807, 2.05) is 13.0 Å². The van der Waals surface area contributed by atoms with Crippen LogP contribution in [-0.2, 0) is 4.79 Å². The topological polar surface area (TPSA) is 121 Å². The van der Waals surface area contributed by atoms with Crippen LogP contribution >= 0.6 is 11.3 Å². The van der Waals surface area contributed by atoms with Gasteiger partial charge >= 0.3 is 0 Å². The van der Waals surface area contributed by atoms with Crippen molar-refractivity contribution in [1.29, 1.82) is 5.26 Å². The summed E-state index contributed by atoms with van der Waals surface area (Å²) in [6.07, 6.45) is 2.09. The van der Waals surface area contributed by atoms with E-state index in [0.29, 0.717) is 23.3 Å². The van der Waals surface area contributed by atoms with Crippen molar-refractivity contribution in [3.63, 3.8) is 0 Å². The number of ether oxygens (including phenoxy) is 1. The van der Waals surface area contributed by atoms with Crippen LogP contribution in [0.15, 0.2) is 29.5 Å². The second kappa shape index (κ2) is 7.00. The van der Waals surface area contributed by atoms with E-state index < -0.39 is 0 Å². The molecule has 156 valence electrons. The number of nitrogen functional groups attached to an aromatic ring is 1. The highest BCUT2D eigenvalue weighted by Crippen LogP contribution is 2.52. The van der Waals surface area contributed by atoms with Crippen molar-refractivity contribution >= 4 is 38.2 Å². The standard InChI is InChI=1S/C23H20N4O3S/c1-10-12(9-24)22(25)27-20-19-17(11-6-7-14(28)16(8-11)30-2)18-13(4-3-5-15(18)29)26-23(19)31-21(10)20/h6-8,17,26,28H,3-5H2,1-2H3,(H2,25,27)/t17-/m0/s1. The summed E-state index contributed by atoms with van der Waals surface area (Å²) in [5.41, 5.74) is 11.4. The number of nitriles is 1. The number of nitrogens with zero attached hydrogens (tertiary/aromatic N) is 2. The highest BCUT2D eigenvalue weighted by atomic mass is 32.1. The van der Waals surface area contributed by atoms with Gasteiger partial charge in [0.25, 0.3) is 0 Å². The number of carbonyl (C=O) groups is 1. The monoisotopic (exact) mass is 432 g/mol. The van der Waals surface area contributed by atoms with Crippen LogP contribution in [0.1, 0.15) is 47.4 Å². The third-order valence-electron chi connectivity index (χ3n) is 6.07. The van der Waals surface area contributed by atoms with E-state index in [0.717, 1.165) is 50.5 Å². The molecule has 4 N–H and O–H groups in total. The van der Waals surface area contributed by atoms with Gasteiger partial charge in [-0.15, -0.1) is 11.3 Å². The molecule has 5 rings (SSSR count). The number of anilines is 2. The summed E-state index contributed by atoms with van der Waals surface area (Å²) < 4.78 is 6.21. The highest BCUT2D eigenvalue weighted by molar-refractivity contribution is 7.23. The van der Waals surface area contributed by atoms with Gasteiger partial charge in [0.05, 0.1) is 27.9 Å². The average molecular weight is 433 g/mol. The SMILES string of the molecule is COc1cc([C@H]2C3=C(CCCC3=O)Nc3sc4c(C)c(C#N)c(N)nc4c32)ccc1O. The zero-order valence-electron chi connectivity index (χ0n) is 17.1. The lowest BCUT2D eigenvalue weighted by Gasteiger charge is -2.32. The molecule has 2 aliphatic rings. The maximum absolute atomic E-state index is 13.1. The number of nitrogens with one attached hydrogen (secondary N) is 1. The number of nitrogens with two attached hydrogens (primary N) is 1. The van der Waals surface area contributed by atoms with E-state index in [1.165, 1.54) is 18.4 Å². The number of methoxy groups -OCH3 is 1. The number of thiophene rings is 1. The van der Waals surface area contributed by atoms with Crippen molar-refractivity contribution in [3.8, 4) is 17.6 Å². The number of hydrogen-bond acceptors (Lipinski definition) is 8. The third kappa shape index (κ3) is 2.77. The molecule has 2 aromatic heterocycles. The van der Waals surface area contributed by atoms with Crippen LogP contribution in [0.25, 0.3) is 10.2 Å². The molecule has 3 aromatic rings. The van der Waals surface area contributed by atoms with Gasteiger partial charge in [0.2, 0.25) is 0 Å². The van der Waals surface area contributed by atoms with E-state index in [2.05, 4.69) is 16.4 Å². The Morgan fingerprint density at radius 3 is 2.94 bits per heavy atom. The van der Waals surface area contributed by atoms with Gasteiger partial charge in [-0.25, -0.2) is 4.98 Å². The van der Waals surface area contributed by atoms with Crippen molar-refractivity contribution in [2.75, 3.05) is 18.2 Å². The fourth-order valence-corrected chi connectivity index (χ4v) is 5.81. The lowest BCUT2D eigenvalue weighted by atomic mass is 9.76. The predicted molar refractivity (Wildman–Crippen MR) is 119 cm³/mol. The normalized spacial score (nSPS) is 17.7. The Morgan fingerprint density at radius 1 is 1.39 bits per heavy atom. The number of carbonyl (C=O) groups excluding carboxylic acids is 1. The molecule has 0 spiro atoms. The molecule has 0 saturated carbocycles. The Balaban J connectivity index is 1.84. The molecule has 0 unspecified atom stereocenters. The van der Waals surface area contributed by atoms with Crippen LogP contribution in [0, 0.1) is 18.3 Å². The molecule has 1 aromatic carbocycles.